The van der Waals surface area contributed by atoms with Crippen molar-refractivity contribution in [3.63, 3.8) is 0 Å². The number of allylic oxidation sites excluding steroid dienone is 2. The molecule has 0 bridgehead atoms. The summed E-state index contributed by atoms with van der Waals surface area (Å²) < 4.78 is 10.5. The molecule has 96 valence electrons. The lowest BCUT2D eigenvalue weighted by atomic mass is 9.88. The smallest absolute Gasteiger partial charge is 0.118 e. The van der Waals surface area contributed by atoms with E-state index in [1.54, 1.807) is 14.2 Å². The highest BCUT2D eigenvalue weighted by atomic mass is 16.5. The maximum atomic E-state index is 10.4. The first-order valence-electron chi connectivity index (χ1n) is 5.99. The van der Waals surface area contributed by atoms with Crippen molar-refractivity contribution in [3.8, 4) is 0 Å². The molecule has 0 saturated heterocycles. The summed E-state index contributed by atoms with van der Waals surface area (Å²) >= 11 is 0. The Morgan fingerprint density at radius 2 is 1.89 bits per heavy atom. The molecule has 1 aliphatic rings. The van der Waals surface area contributed by atoms with E-state index in [0.29, 0.717) is 6.42 Å². The number of benzene rings is 1. The molecule has 18 heavy (non-hydrogen) atoms. The second-order valence-corrected chi connectivity index (χ2v) is 4.26. The second-order valence-electron chi connectivity index (χ2n) is 4.26. The SMILES string of the molecule is COC1=CCC(C(O)c2ccccc2)C(OC)=C1. The molecule has 0 radical (unpaired) electrons. The zero-order valence-electron chi connectivity index (χ0n) is 10.7. The molecule has 0 aromatic heterocycles. The molecule has 0 amide bonds. The zero-order chi connectivity index (χ0) is 13.0. The van der Waals surface area contributed by atoms with Crippen molar-refractivity contribution in [2.75, 3.05) is 14.2 Å². The fourth-order valence-corrected chi connectivity index (χ4v) is 2.19. The van der Waals surface area contributed by atoms with Crippen LogP contribution < -0.4 is 0 Å². The van der Waals surface area contributed by atoms with Crippen molar-refractivity contribution < 1.29 is 14.6 Å². The summed E-state index contributed by atoms with van der Waals surface area (Å²) in [5.74, 6) is 1.48. The highest BCUT2D eigenvalue weighted by Gasteiger charge is 2.27. The Hall–Kier alpha value is -1.74. The molecule has 1 aliphatic carbocycles. The van der Waals surface area contributed by atoms with Crippen molar-refractivity contribution in [1.29, 1.82) is 0 Å². The second kappa shape index (κ2) is 5.74. The molecule has 0 heterocycles. The van der Waals surface area contributed by atoms with E-state index in [1.165, 1.54) is 0 Å². The van der Waals surface area contributed by atoms with Gasteiger partial charge in [-0.2, -0.15) is 0 Å². The van der Waals surface area contributed by atoms with Crippen LogP contribution in [0, 0.1) is 5.92 Å². The highest BCUT2D eigenvalue weighted by Crippen LogP contribution is 2.35. The van der Waals surface area contributed by atoms with Crippen molar-refractivity contribution in [2.45, 2.75) is 12.5 Å². The molecule has 1 aromatic carbocycles. The zero-order valence-corrected chi connectivity index (χ0v) is 10.7. The maximum Gasteiger partial charge on any atom is 0.118 e. The van der Waals surface area contributed by atoms with E-state index in [-0.39, 0.29) is 5.92 Å². The van der Waals surface area contributed by atoms with E-state index in [1.807, 2.05) is 42.5 Å². The van der Waals surface area contributed by atoms with Crippen molar-refractivity contribution in [2.24, 2.45) is 5.92 Å². The predicted octanol–water partition coefficient (Wildman–Crippen LogP) is 2.80. The number of hydrogen-bond acceptors (Lipinski definition) is 3. The Bertz CT molecular complexity index is 448. The summed E-state index contributed by atoms with van der Waals surface area (Å²) in [6.07, 6.45) is 3.95. The van der Waals surface area contributed by atoms with E-state index in [9.17, 15) is 5.11 Å². The largest absolute Gasteiger partial charge is 0.501 e. The van der Waals surface area contributed by atoms with E-state index in [0.717, 1.165) is 17.1 Å². The quantitative estimate of drug-likeness (QED) is 0.887. The van der Waals surface area contributed by atoms with Crippen LogP contribution in [0.3, 0.4) is 0 Å². The van der Waals surface area contributed by atoms with Crippen LogP contribution in [0.25, 0.3) is 0 Å². The molecule has 1 aromatic rings. The molecule has 0 saturated carbocycles. The normalized spacial score (nSPS) is 20.7. The first kappa shape index (κ1) is 12.7. The fourth-order valence-electron chi connectivity index (χ4n) is 2.19. The van der Waals surface area contributed by atoms with Crippen LogP contribution in [-0.2, 0) is 9.47 Å². The van der Waals surface area contributed by atoms with E-state index >= 15 is 0 Å². The van der Waals surface area contributed by atoms with Gasteiger partial charge in [0.1, 0.15) is 11.5 Å². The fraction of sp³-hybridized carbons (Fsp3) is 0.333. The first-order valence-corrected chi connectivity index (χ1v) is 5.99. The monoisotopic (exact) mass is 246 g/mol. The molecule has 3 heteroatoms. The van der Waals surface area contributed by atoms with Gasteiger partial charge in [0.05, 0.1) is 26.2 Å². The molecule has 1 N–H and O–H groups in total. The number of rotatable bonds is 4. The predicted molar refractivity (Wildman–Crippen MR) is 69.7 cm³/mol. The number of hydrogen-bond donors (Lipinski definition) is 1. The minimum absolute atomic E-state index is 0.0590. The topological polar surface area (TPSA) is 38.7 Å². The van der Waals surface area contributed by atoms with Gasteiger partial charge in [-0.3, -0.25) is 0 Å². The van der Waals surface area contributed by atoms with Gasteiger partial charge in [0.25, 0.3) is 0 Å². The summed E-state index contributed by atoms with van der Waals surface area (Å²) in [5.41, 5.74) is 0.903. The highest BCUT2D eigenvalue weighted by molar-refractivity contribution is 5.27. The lowest BCUT2D eigenvalue weighted by Crippen LogP contribution is -2.18. The minimum Gasteiger partial charge on any atom is -0.501 e. The van der Waals surface area contributed by atoms with Crippen LogP contribution in [-0.4, -0.2) is 19.3 Å². The first-order chi connectivity index (χ1) is 8.76. The van der Waals surface area contributed by atoms with E-state index < -0.39 is 6.10 Å². The van der Waals surface area contributed by atoms with Crippen LogP contribution in [0.2, 0.25) is 0 Å². The third kappa shape index (κ3) is 2.57. The van der Waals surface area contributed by atoms with Crippen molar-refractivity contribution in [1.82, 2.24) is 0 Å². The Kier molecular flexibility index (Phi) is 4.05. The Morgan fingerprint density at radius 3 is 2.50 bits per heavy atom. The summed E-state index contributed by atoms with van der Waals surface area (Å²) in [6.45, 7) is 0. The van der Waals surface area contributed by atoms with Gasteiger partial charge < -0.3 is 14.6 Å². The van der Waals surface area contributed by atoms with Crippen molar-refractivity contribution in [3.05, 3.63) is 59.6 Å². The average molecular weight is 246 g/mol. The van der Waals surface area contributed by atoms with Crippen LogP contribution in [0.5, 0.6) is 0 Å². The van der Waals surface area contributed by atoms with Crippen molar-refractivity contribution >= 4 is 0 Å². The van der Waals surface area contributed by atoms with Gasteiger partial charge in [0, 0.05) is 6.08 Å². The van der Waals surface area contributed by atoms with Crippen LogP contribution in [0.4, 0.5) is 0 Å². The van der Waals surface area contributed by atoms with Gasteiger partial charge in [0.15, 0.2) is 0 Å². The summed E-state index contributed by atoms with van der Waals surface area (Å²) in [4.78, 5) is 0. The van der Waals surface area contributed by atoms with Gasteiger partial charge in [0.2, 0.25) is 0 Å². The Morgan fingerprint density at radius 1 is 1.17 bits per heavy atom. The average Bonchev–Trinajstić information content (AvgIpc) is 2.46. The number of ether oxygens (including phenoxy) is 2. The summed E-state index contributed by atoms with van der Waals surface area (Å²) in [5, 5.41) is 10.4. The summed E-state index contributed by atoms with van der Waals surface area (Å²) in [7, 11) is 3.25. The third-order valence-corrected chi connectivity index (χ3v) is 3.22. The number of aliphatic hydroxyl groups excluding tert-OH is 1. The minimum atomic E-state index is -0.563. The van der Waals surface area contributed by atoms with Gasteiger partial charge >= 0.3 is 0 Å². The molecule has 0 aliphatic heterocycles. The molecular formula is C15H18O3. The van der Waals surface area contributed by atoms with E-state index in [4.69, 9.17) is 9.47 Å². The third-order valence-electron chi connectivity index (χ3n) is 3.22. The van der Waals surface area contributed by atoms with Crippen LogP contribution in [0.1, 0.15) is 18.1 Å². The summed E-state index contributed by atoms with van der Waals surface area (Å²) in [6, 6.07) is 9.63. The van der Waals surface area contributed by atoms with Gasteiger partial charge in [-0.05, 0) is 18.1 Å². The Balaban J connectivity index is 2.20. The lowest BCUT2D eigenvalue weighted by molar-refractivity contribution is 0.0874. The van der Waals surface area contributed by atoms with E-state index in [2.05, 4.69) is 0 Å². The lowest BCUT2D eigenvalue weighted by Gasteiger charge is -2.26. The molecule has 3 nitrogen and oxygen atoms in total. The molecular weight excluding hydrogens is 228 g/mol. The standard InChI is InChI=1S/C15H18O3/c1-17-12-8-9-13(14(10-12)18-2)15(16)11-6-4-3-5-7-11/h3-8,10,13,15-16H,9H2,1-2H3. The maximum absolute atomic E-state index is 10.4. The van der Waals surface area contributed by atoms with Gasteiger partial charge in [-0.25, -0.2) is 0 Å². The van der Waals surface area contributed by atoms with Crippen LogP contribution in [0.15, 0.2) is 54.0 Å². The molecule has 0 fully saturated rings. The van der Waals surface area contributed by atoms with Gasteiger partial charge in [-0.1, -0.05) is 30.3 Å². The number of methoxy groups -OCH3 is 2. The molecule has 0 spiro atoms. The Labute approximate surface area is 107 Å². The van der Waals surface area contributed by atoms with Crippen LogP contribution >= 0.6 is 0 Å². The number of aliphatic hydroxyl groups is 1. The molecule has 2 atom stereocenters. The molecule has 2 unspecified atom stereocenters. The van der Waals surface area contributed by atoms with Gasteiger partial charge in [-0.15, -0.1) is 0 Å². The molecule has 2 rings (SSSR count).